The summed E-state index contributed by atoms with van der Waals surface area (Å²) in [5, 5.41) is 7.64. The smallest absolute Gasteiger partial charge is 0.0205 e. The van der Waals surface area contributed by atoms with Crippen LogP contribution in [0.1, 0.15) is 13.3 Å². The molecule has 2 nitrogen and oxygen atoms in total. The van der Waals surface area contributed by atoms with E-state index in [1.807, 2.05) is 11.8 Å². The van der Waals surface area contributed by atoms with E-state index in [0.29, 0.717) is 0 Å². The lowest BCUT2D eigenvalue weighted by atomic mass is 10.2. The van der Waals surface area contributed by atoms with Crippen LogP contribution in [-0.4, -0.2) is 37.2 Å². The molecule has 2 atom stereocenters. The van der Waals surface area contributed by atoms with Crippen molar-refractivity contribution in [2.24, 2.45) is 0 Å². The highest BCUT2D eigenvalue weighted by Crippen LogP contribution is 2.04. The zero-order valence-electron chi connectivity index (χ0n) is 7.39. The predicted octanol–water partition coefficient (Wildman–Crippen LogP) is 0.689. The molecule has 1 aliphatic rings. The molecular weight excluding hydrogens is 156 g/mol. The summed E-state index contributed by atoms with van der Waals surface area (Å²) in [4.78, 5) is 0. The maximum Gasteiger partial charge on any atom is 0.0205 e. The fraction of sp³-hybridized carbons (Fsp3) is 1.00. The molecule has 0 radical (unpaired) electrons. The molecule has 1 aliphatic heterocycles. The summed E-state index contributed by atoms with van der Waals surface area (Å²) in [6.07, 6.45) is 3.46. The largest absolute Gasteiger partial charge is 0.315 e. The minimum Gasteiger partial charge on any atom is -0.315 e. The SMILES string of the molecule is CSC(C)CNC1CCNC1. The monoisotopic (exact) mass is 174 g/mol. The summed E-state index contributed by atoms with van der Waals surface area (Å²) in [7, 11) is 0. The van der Waals surface area contributed by atoms with Crippen molar-refractivity contribution in [3.8, 4) is 0 Å². The highest BCUT2D eigenvalue weighted by atomic mass is 32.2. The second-order valence-corrected chi connectivity index (χ2v) is 4.42. The molecule has 0 spiro atoms. The second-order valence-electron chi connectivity index (χ2n) is 3.14. The molecule has 0 amide bonds. The van der Waals surface area contributed by atoms with Gasteiger partial charge in [0.25, 0.3) is 0 Å². The molecule has 0 saturated carbocycles. The van der Waals surface area contributed by atoms with Crippen LogP contribution in [0.5, 0.6) is 0 Å². The lowest BCUT2D eigenvalue weighted by Gasteiger charge is -2.14. The average molecular weight is 174 g/mol. The third kappa shape index (κ3) is 3.45. The van der Waals surface area contributed by atoms with Gasteiger partial charge in [-0.15, -0.1) is 0 Å². The maximum atomic E-state index is 3.55. The normalized spacial score (nSPS) is 27.3. The Kier molecular flexibility index (Phi) is 4.26. The second kappa shape index (κ2) is 5.01. The zero-order chi connectivity index (χ0) is 8.10. The lowest BCUT2D eigenvalue weighted by Crippen LogP contribution is -2.34. The molecular formula is C8H18N2S. The molecule has 1 saturated heterocycles. The third-order valence-corrected chi connectivity index (χ3v) is 3.13. The van der Waals surface area contributed by atoms with Gasteiger partial charge in [-0.3, -0.25) is 0 Å². The summed E-state index contributed by atoms with van der Waals surface area (Å²) >= 11 is 1.93. The molecule has 66 valence electrons. The summed E-state index contributed by atoms with van der Waals surface area (Å²) in [6, 6.07) is 0.726. The quantitative estimate of drug-likeness (QED) is 0.656. The van der Waals surface area contributed by atoms with Gasteiger partial charge in [-0.1, -0.05) is 6.92 Å². The van der Waals surface area contributed by atoms with Gasteiger partial charge in [-0.2, -0.15) is 11.8 Å². The lowest BCUT2D eigenvalue weighted by molar-refractivity contribution is 0.550. The number of nitrogens with one attached hydrogen (secondary N) is 2. The molecule has 0 aromatic carbocycles. The number of rotatable bonds is 4. The van der Waals surface area contributed by atoms with Gasteiger partial charge >= 0.3 is 0 Å². The molecule has 1 heterocycles. The van der Waals surface area contributed by atoms with Crippen LogP contribution < -0.4 is 10.6 Å². The number of hydrogen-bond donors (Lipinski definition) is 2. The van der Waals surface area contributed by atoms with E-state index in [4.69, 9.17) is 0 Å². The number of hydrogen-bond acceptors (Lipinski definition) is 3. The van der Waals surface area contributed by atoms with Crippen molar-refractivity contribution in [2.75, 3.05) is 25.9 Å². The van der Waals surface area contributed by atoms with E-state index < -0.39 is 0 Å². The van der Waals surface area contributed by atoms with Gasteiger partial charge in [0.15, 0.2) is 0 Å². The summed E-state index contributed by atoms with van der Waals surface area (Å²) in [5.74, 6) is 0. The van der Waals surface area contributed by atoms with Crippen LogP contribution in [0.15, 0.2) is 0 Å². The van der Waals surface area contributed by atoms with E-state index in [9.17, 15) is 0 Å². The van der Waals surface area contributed by atoms with Gasteiger partial charge < -0.3 is 10.6 Å². The van der Waals surface area contributed by atoms with Gasteiger partial charge in [0, 0.05) is 24.4 Å². The summed E-state index contributed by atoms with van der Waals surface area (Å²) in [5.41, 5.74) is 0. The molecule has 1 fully saturated rings. The number of thioether (sulfide) groups is 1. The first-order chi connectivity index (χ1) is 5.33. The standard InChI is InChI=1S/C8H18N2S/c1-7(11-2)5-10-8-3-4-9-6-8/h7-10H,3-6H2,1-2H3. The Balaban J connectivity index is 2.01. The fourth-order valence-electron chi connectivity index (χ4n) is 1.24. The van der Waals surface area contributed by atoms with Crippen LogP contribution in [0.2, 0.25) is 0 Å². The van der Waals surface area contributed by atoms with Crippen LogP contribution in [-0.2, 0) is 0 Å². The molecule has 1 rings (SSSR count). The van der Waals surface area contributed by atoms with Crippen LogP contribution in [0.25, 0.3) is 0 Å². The van der Waals surface area contributed by atoms with E-state index in [2.05, 4.69) is 23.8 Å². The van der Waals surface area contributed by atoms with E-state index in [1.54, 1.807) is 0 Å². The molecule has 2 unspecified atom stereocenters. The molecule has 2 N–H and O–H groups in total. The highest BCUT2D eigenvalue weighted by molar-refractivity contribution is 7.99. The van der Waals surface area contributed by atoms with Gasteiger partial charge in [-0.25, -0.2) is 0 Å². The van der Waals surface area contributed by atoms with Crippen molar-refractivity contribution >= 4 is 11.8 Å². The van der Waals surface area contributed by atoms with Gasteiger partial charge in [0.05, 0.1) is 0 Å². The average Bonchev–Trinajstić information content (AvgIpc) is 2.52. The van der Waals surface area contributed by atoms with E-state index in [-0.39, 0.29) is 0 Å². The Hall–Kier alpha value is 0.270. The Morgan fingerprint density at radius 3 is 3.09 bits per heavy atom. The molecule has 0 aliphatic carbocycles. The first kappa shape index (κ1) is 9.36. The molecule has 11 heavy (non-hydrogen) atoms. The van der Waals surface area contributed by atoms with Crippen LogP contribution in [0.4, 0.5) is 0 Å². The van der Waals surface area contributed by atoms with Crippen molar-refractivity contribution in [1.82, 2.24) is 10.6 Å². The molecule has 3 heteroatoms. The topological polar surface area (TPSA) is 24.1 Å². The Morgan fingerprint density at radius 2 is 2.55 bits per heavy atom. The van der Waals surface area contributed by atoms with Crippen molar-refractivity contribution in [3.63, 3.8) is 0 Å². The van der Waals surface area contributed by atoms with Gasteiger partial charge in [0.1, 0.15) is 0 Å². The Labute approximate surface area is 73.5 Å². The highest BCUT2D eigenvalue weighted by Gasteiger charge is 2.13. The minimum atomic E-state index is 0.726. The molecule has 0 aromatic rings. The first-order valence-corrected chi connectivity index (χ1v) is 5.58. The molecule has 0 aromatic heterocycles. The van der Waals surface area contributed by atoms with Crippen molar-refractivity contribution in [1.29, 1.82) is 0 Å². The van der Waals surface area contributed by atoms with Crippen molar-refractivity contribution in [3.05, 3.63) is 0 Å². The Bertz CT molecular complexity index is 102. The van der Waals surface area contributed by atoms with Crippen molar-refractivity contribution < 1.29 is 0 Å². The minimum absolute atomic E-state index is 0.726. The zero-order valence-corrected chi connectivity index (χ0v) is 8.21. The third-order valence-electron chi connectivity index (χ3n) is 2.16. The van der Waals surface area contributed by atoms with Crippen molar-refractivity contribution in [2.45, 2.75) is 24.6 Å². The summed E-state index contributed by atoms with van der Waals surface area (Å²) in [6.45, 7) is 5.75. The maximum absolute atomic E-state index is 3.55. The van der Waals surface area contributed by atoms with Gasteiger partial charge in [-0.05, 0) is 19.2 Å². The fourth-order valence-corrected chi connectivity index (χ4v) is 1.51. The molecule has 0 bridgehead atoms. The Morgan fingerprint density at radius 1 is 1.73 bits per heavy atom. The van der Waals surface area contributed by atoms with Gasteiger partial charge in [0.2, 0.25) is 0 Å². The van der Waals surface area contributed by atoms with Crippen LogP contribution in [0, 0.1) is 0 Å². The van der Waals surface area contributed by atoms with E-state index in [1.165, 1.54) is 13.0 Å². The predicted molar refractivity (Wildman–Crippen MR) is 52.3 cm³/mol. The first-order valence-electron chi connectivity index (χ1n) is 4.30. The van der Waals surface area contributed by atoms with Crippen LogP contribution in [0.3, 0.4) is 0 Å². The van der Waals surface area contributed by atoms with E-state index >= 15 is 0 Å². The van der Waals surface area contributed by atoms with Crippen LogP contribution >= 0.6 is 11.8 Å². The van der Waals surface area contributed by atoms with E-state index in [0.717, 1.165) is 24.4 Å². The summed E-state index contributed by atoms with van der Waals surface area (Å²) < 4.78 is 0.